The number of methoxy groups -OCH3 is 1. The molecule has 0 fully saturated rings. The molecule has 3 aromatic rings. The number of nitro groups is 2. The first-order valence-corrected chi connectivity index (χ1v) is 13.2. The first-order chi connectivity index (χ1) is 18.2. The summed E-state index contributed by atoms with van der Waals surface area (Å²) in [5.74, 6) is -0.306. The second-order valence-electron chi connectivity index (χ2n) is 7.66. The monoisotopic (exact) mass is 616 g/mol. The van der Waals surface area contributed by atoms with Gasteiger partial charge in [0.1, 0.15) is 10.6 Å². The van der Waals surface area contributed by atoms with Crippen LogP contribution >= 0.6 is 12.4 Å². The van der Waals surface area contributed by atoms with Gasteiger partial charge in [-0.05, 0) is 36.4 Å². The van der Waals surface area contributed by atoms with E-state index in [4.69, 9.17) is 4.74 Å². The maximum atomic E-state index is 12.1. The maximum absolute atomic E-state index is 12.1. The van der Waals surface area contributed by atoms with Gasteiger partial charge in [0.25, 0.3) is 31.6 Å². The summed E-state index contributed by atoms with van der Waals surface area (Å²) in [6.45, 7) is 0. The van der Waals surface area contributed by atoms with E-state index in [0.717, 1.165) is 34.5 Å². The highest BCUT2D eigenvalue weighted by molar-refractivity contribution is 7.86. The van der Waals surface area contributed by atoms with Gasteiger partial charge in [-0.15, -0.1) is 17.5 Å². The van der Waals surface area contributed by atoms with Gasteiger partial charge in [-0.25, -0.2) is 0 Å². The van der Waals surface area contributed by atoms with Crippen LogP contribution in [0.25, 0.3) is 0 Å². The Balaban J connectivity index is 0.00000441. The van der Waals surface area contributed by atoms with Crippen molar-refractivity contribution in [2.24, 2.45) is 5.10 Å². The highest BCUT2D eigenvalue weighted by Crippen LogP contribution is 2.36. The molecule has 0 aliphatic carbocycles. The lowest BCUT2D eigenvalue weighted by Crippen LogP contribution is -2.45. The molecule has 0 atom stereocenters. The molecule has 17 nitrogen and oxygen atoms in total. The Bertz CT molecular complexity index is 1750. The van der Waals surface area contributed by atoms with E-state index < -0.39 is 39.9 Å². The Morgan fingerprint density at radius 1 is 0.875 bits per heavy atom. The molecule has 4 rings (SSSR count). The van der Waals surface area contributed by atoms with E-state index in [1.807, 2.05) is 0 Å². The number of amidine groups is 1. The third-order valence-corrected chi connectivity index (χ3v) is 7.02. The second kappa shape index (κ2) is 10.9. The van der Waals surface area contributed by atoms with Crippen molar-refractivity contribution in [1.82, 2.24) is 5.43 Å². The van der Waals surface area contributed by atoms with Crippen LogP contribution in [0.4, 0.5) is 22.7 Å². The quantitative estimate of drug-likeness (QED) is 0.187. The number of nitrogens with one attached hydrogen (secondary N) is 1. The molecule has 0 bridgehead atoms. The number of hydrazine groups is 2. The molecule has 0 saturated carbocycles. The molecule has 0 saturated heterocycles. The third kappa shape index (κ3) is 5.87. The van der Waals surface area contributed by atoms with Crippen LogP contribution in [0.2, 0.25) is 0 Å². The molecule has 3 aromatic carbocycles. The van der Waals surface area contributed by atoms with Crippen LogP contribution < -0.4 is 20.4 Å². The number of rotatable bonds is 8. The second-order valence-corrected chi connectivity index (χ2v) is 10.5. The fourth-order valence-electron chi connectivity index (χ4n) is 3.49. The molecular weight excluding hydrogens is 600 g/mol. The van der Waals surface area contributed by atoms with Gasteiger partial charge in [-0.1, -0.05) is 0 Å². The van der Waals surface area contributed by atoms with Crippen LogP contribution in [0.5, 0.6) is 5.75 Å². The van der Waals surface area contributed by atoms with E-state index in [1.54, 1.807) is 0 Å². The van der Waals surface area contributed by atoms with Crippen molar-refractivity contribution in [3.05, 3.63) is 86.5 Å². The minimum Gasteiger partial charge on any atom is -0.494 e. The minimum absolute atomic E-state index is 0. The zero-order chi connectivity index (χ0) is 28.7. The van der Waals surface area contributed by atoms with Crippen LogP contribution in [0.15, 0.2) is 75.6 Å². The SMILES string of the molecule is COc1cc([N+](=O)[O-])ccc1N1NC(c2ccc(S(=O)(=O)O)cc2S(=O)(=O)O)=NN1c1ccc([N+](=O)[O-])cc1.Cl. The van der Waals surface area contributed by atoms with Crippen LogP contribution in [-0.2, 0) is 20.2 Å². The molecule has 212 valence electrons. The summed E-state index contributed by atoms with van der Waals surface area (Å²) < 4.78 is 71.7. The smallest absolute Gasteiger partial charge is 0.295 e. The van der Waals surface area contributed by atoms with Crippen LogP contribution in [0, 0.1) is 20.2 Å². The molecule has 0 spiro atoms. The first-order valence-electron chi connectivity index (χ1n) is 10.3. The Morgan fingerprint density at radius 3 is 2.00 bits per heavy atom. The van der Waals surface area contributed by atoms with E-state index in [2.05, 4.69) is 10.5 Å². The van der Waals surface area contributed by atoms with Crippen LogP contribution in [-0.4, -0.2) is 48.7 Å². The lowest BCUT2D eigenvalue weighted by Gasteiger charge is -2.28. The van der Waals surface area contributed by atoms with Crippen LogP contribution in [0.1, 0.15) is 5.56 Å². The number of ether oxygens (including phenoxy) is 1. The van der Waals surface area contributed by atoms with Crippen LogP contribution in [0.3, 0.4) is 0 Å². The van der Waals surface area contributed by atoms with E-state index in [9.17, 15) is 46.2 Å². The number of anilines is 2. The fraction of sp³-hybridized carbons (Fsp3) is 0.0500. The number of hydrazone groups is 1. The van der Waals surface area contributed by atoms with E-state index in [0.29, 0.717) is 6.07 Å². The van der Waals surface area contributed by atoms with E-state index in [-0.39, 0.29) is 52.3 Å². The molecule has 1 aliphatic rings. The summed E-state index contributed by atoms with van der Waals surface area (Å²) in [7, 11) is -8.68. The van der Waals surface area contributed by atoms with Gasteiger partial charge in [0.2, 0.25) is 0 Å². The largest absolute Gasteiger partial charge is 0.494 e. The number of non-ortho nitro benzene ring substituents is 2. The van der Waals surface area contributed by atoms with Crippen molar-refractivity contribution in [1.29, 1.82) is 0 Å². The first kappa shape index (κ1) is 30.0. The molecule has 1 heterocycles. The topological polar surface area (TPSA) is 235 Å². The number of nitro benzene ring substituents is 2. The summed E-state index contributed by atoms with van der Waals surface area (Å²) in [4.78, 5) is 19.3. The molecule has 20 heteroatoms. The zero-order valence-corrected chi connectivity index (χ0v) is 22.3. The highest BCUT2D eigenvalue weighted by atomic mass is 35.5. The molecule has 0 unspecified atom stereocenters. The predicted octanol–water partition coefficient (Wildman–Crippen LogP) is 2.53. The number of hydrogen-bond donors (Lipinski definition) is 3. The third-order valence-electron chi connectivity index (χ3n) is 5.27. The van der Waals surface area contributed by atoms with Crippen molar-refractivity contribution in [3.8, 4) is 5.75 Å². The number of benzene rings is 3. The molecule has 0 radical (unpaired) electrons. The van der Waals surface area contributed by atoms with E-state index in [1.165, 1.54) is 37.4 Å². The summed E-state index contributed by atoms with van der Waals surface area (Å²) >= 11 is 0. The van der Waals surface area contributed by atoms with Gasteiger partial charge in [-0.3, -0.25) is 34.8 Å². The Kier molecular flexibility index (Phi) is 8.17. The van der Waals surface area contributed by atoms with Crippen molar-refractivity contribution >= 4 is 61.2 Å². The van der Waals surface area contributed by atoms with Gasteiger partial charge >= 0.3 is 0 Å². The normalized spacial score (nSPS) is 13.2. The standard InChI is InChI=1S/C20H16N6O11S2.ClH/c1-37-18-10-14(26(29)30)6-9-17(18)24-22-20(21-23(24)12-2-4-13(5-3-12)25(27)28)16-8-7-15(38(31,32)33)11-19(16)39(34,35)36;/h2-11H,1H3,(H,21,22)(H,31,32,33)(H,34,35,36);1H. The molecule has 3 N–H and O–H groups in total. The Labute approximate surface area is 231 Å². The summed E-state index contributed by atoms with van der Waals surface area (Å²) in [6.07, 6.45) is 0. The molecule has 0 amide bonds. The molecule has 40 heavy (non-hydrogen) atoms. The van der Waals surface area contributed by atoms with Crippen molar-refractivity contribution < 1.29 is 40.5 Å². The van der Waals surface area contributed by atoms with Crippen molar-refractivity contribution in [2.75, 3.05) is 17.3 Å². The van der Waals surface area contributed by atoms with Gasteiger partial charge in [0.05, 0.1) is 33.6 Å². The molecule has 1 aliphatic heterocycles. The van der Waals surface area contributed by atoms with Gasteiger partial charge in [-0.2, -0.15) is 27.1 Å². The average molecular weight is 617 g/mol. The maximum Gasteiger partial charge on any atom is 0.295 e. The van der Waals surface area contributed by atoms with Gasteiger partial charge in [0.15, 0.2) is 11.6 Å². The number of halogens is 1. The van der Waals surface area contributed by atoms with Crippen molar-refractivity contribution in [3.63, 3.8) is 0 Å². The average Bonchev–Trinajstić information content (AvgIpc) is 3.32. The highest BCUT2D eigenvalue weighted by Gasteiger charge is 2.33. The number of nitrogens with zero attached hydrogens (tertiary/aromatic N) is 5. The lowest BCUT2D eigenvalue weighted by atomic mass is 10.2. The Hall–Kier alpha value is -4.56. The fourth-order valence-corrected chi connectivity index (χ4v) is 4.79. The molecule has 0 aromatic heterocycles. The number of hydrogen-bond acceptors (Lipinski definition) is 13. The lowest BCUT2D eigenvalue weighted by molar-refractivity contribution is -0.385. The van der Waals surface area contributed by atoms with E-state index >= 15 is 0 Å². The van der Waals surface area contributed by atoms with Gasteiger partial charge in [0, 0.05) is 23.8 Å². The van der Waals surface area contributed by atoms with Crippen molar-refractivity contribution in [2.45, 2.75) is 9.79 Å². The minimum atomic E-state index is -5.07. The predicted molar refractivity (Wildman–Crippen MR) is 141 cm³/mol. The summed E-state index contributed by atoms with van der Waals surface area (Å²) in [5, 5.41) is 28.9. The summed E-state index contributed by atoms with van der Waals surface area (Å²) in [5.41, 5.74) is 2.15. The zero-order valence-electron chi connectivity index (χ0n) is 19.8. The Morgan fingerprint density at radius 2 is 1.48 bits per heavy atom. The molecular formula is C20H17ClN6O11S2. The van der Waals surface area contributed by atoms with Gasteiger partial charge < -0.3 is 4.74 Å². The summed E-state index contributed by atoms with van der Waals surface area (Å²) in [6, 6.07) is 10.8.